The molecule has 1 saturated carbocycles. The van der Waals surface area contributed by atoms with Crippen LogP contribution < -0.4 is 5.73 Å². The van der Waals surface area contributed by atoms with E-state index in [1.165, 1.54) is 6.42 Å². The summed E-state index contributed by atoms with van der Waals surface area (Å²) in [6.07, 6.45) is 4.31. The van der Waals surface area contributed by atoms with Crippen molar-refractivity contribution in [3.05, 3.63) is 11.7 Å². The van der Waals surface area contributed by atoms with Gasteiger partial charge in [0.05, 0.1) is 5.54 Å². The first-order valence-electron chi connectivity index (χ1n) is 6.14. The monoisotopic (exact) mass is 223 g/mol. The van der Waals surface area contributed by atoms with Gasteiger partial charge < -0.3 is 10.3 Å². The quantitative estimate of drug-likeness (QED) is 0.836. The van der Waals surface area contributed by atoms with Crippen LogP contribution in [0.5, 0.6) is 0 Å². The van der Waals surface area contributed by atoms with Gasteiger partial charge in [-0.2, -0.15) is 4.98 Å². The summed E-state index contributed by atoms with van der Waals surface area (Å²) in [6, 6.07) is 0. The number of nitrogens with two attached hydrogens (primary N) is 1. The Morgan fingerprint density at radius 1 is 1.50 bits per heavy atom. The fourth-order valence-electron chi connectivity index (χ4n) is 2.46. The highest BCUT2D eigenvalue weighted by Crippen LogP contribution is 2.37. The Bertz CT molecular complexity index is 361. The van der Waals surface area contributed by atoms with Crippen molar-refractivity contribution in [3.63, 3.8) is 0 Å². The Labute approximate surface area is 96.6 Å². The zero-order valence-corrected chi connectivity index (χ0v) is 10.4. The molecular formula is C12H21N3O. The van der Waals surface area contributed by atoms with Gasteiger partial charge in [-0.3, -0.25) is 0 Å². The molecule has 1 aliphatic rings. The molecule has 0 bridgehead atoms. The molecule has 4 heteroatoms. The average Bonchev–Trinajstić information content (AvgIpc) is 2.66. The van der Waals surface area contributed by atoms with E-state index in [9.17, 15) is 0 Å². The molecule has 4 nitrogen and oxygen atoms in total. The van der Waals surface area contributed by atoms with Crippen LogP contribution in [-0.2, 0) is 5.54 Å². The van der Waals surface area contributed by atoms with Gasteiger partial charge >= 0.3 is 0 Å². The third kappa shape index (κ3) is 2.12. The molecule has 1 aromatic rings. The molecule has 90 valence electrons. The number of hydrogen-bond donors (Lipinski definition) is 1. The molecule has 0 spiro atoms. The van der Waals surface area contributed by atoms with Crippen LogP contribution in [0.25, 0.3) is 0 Å². The lowest BCUT2D eigenvalue weighted by atomic mass is 9.77. The maximum Gasteiger partial charge on any atom is 0.246 e. The van der Waals surface area contributed by atoms with Crippen LogP contribution in [0.3, 0.4) is 0 Å². The van der Waals surface area contributed by atoms with E-state index >= 15 is 0 Å². The zero-order chi connectivity index (χ0) is 11.8. The number of aromatic nitrogens is 2. The van der Waals surface area contributed by atoms with E-state index in [1.807, 2.05) is 0 Å². The molecule has 0 radical (unpaired) electrons. The van der Waals surface area contributed by atoms with Crippen molar-refractivity contribution >= 4 is 0 Å². The van der Waals surface area contributed by atoms with E-state index in [-0.39, 0.29) is 0 Å². The van der Waals surface area contributed by atoms with Crippen LogP contribution in [0.4, 0.5) is 0 Å². The second kappa shape index (κ2) is 4.17. The third-order valence-corrected chi connectivity index (χ3v) is 3.42. The molecule has 1 heterocycles. The summed E-state index contributed by atoms with van der Waals surface area (Å²) in [5, 5.41) is 4.00. The van der Waals surface area contributed by atoms with E-state index in [4.69, 9.17) is 10.3 Å². The van der Waals surface area contributed by atoms with Crippen molar-refractivity contribution in [2.45, 2.75) is 57.9 Å². The van der Waals surface area contributed by atoms with Gasteiger partial charge in [0.15, 0.2) is 5.82 Å². The van der Waals surface area contributed by atoms with Gasteiger partial charge in [-0.15, -0.1) is 0 Å². The van der Waals surface area contributed by atoms with Crippen molar-refractivity contribution in [1.29, 1.82) is 0 Å². The van der Waals surface area contributed by atoms with Crippen molar-refractivity contribution in [3.8, 4) is 0 Å². The smallest absolute Gasteiger partial charge is 0.246 e. The van der Waals surface area contributed by atoms with Gasteiger partial charge in [-0.25, -0.2) is 0 Å². The average molecular weight is 223 g/mol. The second-order valence-electron chi connectivity index (χ2n) is 5.47. The van der Waals surface area contributed by atoms with Gasteiger partial charge in [0.25, 0.3) is 0 Å². The lowest BCUT2D eigenvalue weighted by molar-refractivity contribution is 0.183. The molecule has 0 aromatic carbocycles. The predicted molar refractivity (Wildman–Crippen MR) is 61.9 cm³/mol. The normalized spacial score (nSPS) is 30.9. The molecule has 1 fully saturated rings. The minimum atomic E-state index is -0.391. The lowest BCUT2D eigenvalue weighted by Gasteiger charge is -2.33. The number of rotatable bonds is 2. The predicted octanol–water partition coefficient (Wildman–Crippen LogP) is 2.56. The van der Waals surface area contributed by atoms with Crippen LogP contribution in [0.2, 0.25) is 0 Å². The van der Waals surface area contributed by atoms with Crippen LogP contribution in [0.15, 0.2) is 4.52 Å². The van der Waals surface area contributed by atoms with Crippen LogP contribution in [-0.4, -0.2) is 10.1 Å². The summed E-state index contributed by atoms with van der Waals surface area (Å²) in [5.74, 6) is 2.33. The van der Waals surface area contributed by atoms with Crippen LogP contribution in [0, 0.1) is 5.92 Å². The zero-order valence-electron chi connectivity index (χ0n) is 10.4. The first-order chi connectivity index (χ1) is 7.51. The maximum absolute atomic E-state index is 6.39. The molecule has 2 atom stereocenters. The maximum atomic E-state index is 6.39. The van der Waals surface area contributed by atoms with Crippen molar-refractivity contribution in [2.24, 2.45) is 11.7 Å². The first kappa shape index (κ1) is 11.6. The summed E-state index contributed by atoms with van der Waals surface area (Å²) in [7, 11) is 0. The Hall–Kier alpha value is -0.900. The summed E-state index contributed by atoms with van der Waals surface area (Å²) in [4.78, 5) is 4.44. The topological polar surface area (TPSA) is 64.9 Å². The molecule has 2 unspecified atom stereocenters. The SMILES string of the molecule is CC1CCCC(N)(c2nc(C(C)C)no2)C1. The lowest BCUT2D eigenvalue weighted by Crippen LogP contribution is -2.41. The fourth-order valence-corrected chi connectivity index (χ4v) is 2.46. The summed E-state index contributed by atoms with van der Waals surface area (Å²) in [6.45, 7) is 6.35. The number of nitrogens with zero attached hydrogens (tertiary/aromatic N) is 2. The van der Waals surface area contributed by atoms with Gasteiger partial charge in [0.2, 0.25) is 5.89 Å². The van der Waals surface area contributed by atoms with E-state index in [2.05, 4.69) is 30.9 Å². The Morgan fingerprint density at radius 2 is 2.25 bits per heavy atom. The summed E-state index contributed by atoms with van der Waals surface area (Å²) < 4.78 is 5.33. The molecule has 2 N–H and O–H groups in total. The molecule has 16 heavy (non-hydrogen) atoms. The van der Waals surface area contributed by atoms with Gasteiger partial charge in [0.1, 0.15) is 0 Å². The van der Waals surface area contributed by atoms with E-state index < -0.39 is 5.54 Å². The Morgan fingerprint density at radius 3 is 2.81 bits per heavy atom. The first-order valence-corrected chi connectivity index (χ1v) is 6.14. The van der Waals surface area contributed by atoms with Gasteiger partial charge in [0, 0.05) is 5.92 Å². The largest absolute Gasteiger partial charge is 0.337 e. The molecule has 0 amide bonds. The minimum absolute atomic E-state index is 0.294. The molecule has 1 aromatic heterocycles. The van der Waals surface area contributed by atoms with E-state index in [0.29, 0.717) is 17.7 Å². The third-order valence-electron chi connectivity index (χ3n) is 3.42. The standard InChI is InChI=1S/C12H21N3O/c1-8(2)10-14-11(16-15-10)12(13)6-4-5-9(3)7-12/h8-9H,4-7,13H2,1-3H3. The second-order valence-corrected chi connectivity index (χ2v) is 5.47. The van der Waals surface area contributed by atoms with Crippen molar-refractivity contribution in [2.75, 3.05) is 0 Å². The molecular weight excluding hydrogens is 202 g/mol. The minimum Gasteiger partial charge on any atom is -0.337 e. The highest BCUT2D eigenvalue weighted by Gasteiger charge is 2.37. The summed E-state index contributed by atoms with van der Waals surface area (Å²) >= 11 is 0. The summed E-state index contributed by atoms with van der Waals surface area (Å²) in [5.41, 5.74) is 6.00. The molecule has 0 aliphatic heterocycles. The van der Waals surface area contributed by atoms with Gasteiger partial charge in [-0.1, -0.05) is 38.8 Å². The van der Waals surface area contributed by atoms with Crippen molar-refractivity contribution in [1.82, 2.24) is 10.1 Å². The Kier molecular flexibility index (Phi) is 3.02. The fraction of sp³-hybridized carbons (Fsp3) is 0.833. The molecule has 1 aliphatic carbocycles. The van der Waals surface area contributed by atoms with Crippen LogP contribution in [0.1, 0.15) is 64.1 Å². The van der Waals surface area contributed by atoms with Crippen LogP contribution >= 0.6 is 0 Å². The molecule has 2 rings (SSSR count). The number of hydrogen-bond acceptors (Lipinski definition) is 4. The van der Waals surface area contributed by atoms with E-state index in [0.717, 1.165) is 25.1 Å². The van der Waals surface area contributed by atoms with E-state index in [1.54, 1.807) is 0 Å². The highest BCUT2D eigenvalue weighted by atomic mass is 16.5. The Balaban J connectivity index is 2.21. The highest BCUT2D eigenvalue weighted by molar-refractivity contribution is 5.05. The molecule has 0 saturated heterocycles. The van der Waals surface area contributed by atoms with Gasteiger partial charge in [-0.05, 0) is 18.8 Å². The van der Waals surface area contributed by atoms with Crippen molar-refractivity contribution < 1.29 is 4.52 Å².